The number of carbonyl (C=O) groups is 2. The summed E-state index contributed by atoms with van der Waals surface area (Å²) in [5.74, 6) is 0.221. The Labute approximate surface area is 137 Å². The highest BCUT2D eigenvalue weighted by Crippen LogP contribution is 2.20. The molecule has 0 aliphatic carbocycles. The molecule has 2 rings (SSSR count). The Morgan fingerprint density at radius 2 is 1.83 bits per heavy atom. The van der Waals surface area contributed by atoms with Gasteiger partial charge in [0.2, 0.25) is 5.91 Å². The van der Waals surface area contributed by atoms with E-state index in [2.05, 4.69) is 13.8 Å². The number of likely N-dealkylation sites (tertiary alicyclic amines) is 1. The van der Waals surface area contributed by atoms with Crippen molar-refractivity contribution in [1.29, 1.82) is 0 Å². The van der Waals surface area contributed by atoms with E-state index in [1.807, 2.05) is 24.3 Å². The van der Waals surface area contributed by atoms with Crippen molar-refractivity contribution in [1.82, 2.24) is 4.90 Å². The number of amides is 1. The molecule has 1 heterocycles. The third-order valence-electron chi connectivity index (χ3n) is 4.33. The van der Waals surface area contributed by atoms with Crippen LogP contribution in [-0.2, 0) is 9.59 Å². The number of hydrogen-bond donors (Lipinski definition) is 1. The summed E-state index contributed by atoms with van der Waals surface area (Å²) >= 11 is 0. The molecule has 5 heteroatoms. The highest BCUT2D eigenvalue weighted by Gasteiger charge is 2.26. The van der Waals surface area contributed by atoms with Gasteiger partial charge in [-0.05, 0) is 36.5 Å². The minimum absolute atomic E-state index is 0.0349. The summed E-state index contributed by atoms with van der Waals surface area (Å²) in [5.41, 5.74) is 1.26. The Morgan fingerprint density at radius 1 is 1.22 bits per heavy atom. The van der Waals surface area contributed by atoms with Crippen molar-refractivity contribution in [2.75, 3.05) is 19.7 Å². The van der Waals surface area contributed by atoms with Gasteiger partial charge in [0, 0.05) is 13.1 Å². The molecular weight excluding hydrogens is 294 g/mol. The molecule has 1 saturated heterocycles. The maximum absolute atomic E-state index is 12.1. The van der Waals surface area contributed by atoms with Crippen molar-refractivity contribution >= 4 is 11.9 Å². The van der Waals surface area contributed by atoms with Crippen LogP contribution < -0.4 is 4.74 Å². The Balaban J connectivity index is 1.72. The van der Waals surface area contributed by atoms with E-state index in [9.17, 15) is 9.59 Å². The lowest BCUT2D eigenvalue weighted by Gasteiger charge is -2.30. The first-order valence-electron chi connectivity index (χ1n) is 8.20. The van der Waals surface area contributed by atoms with Crippen molar-refractivity contribution in [3.63, 3.8) is 0 Å². The van der Waals surface area contributed by atoms with Crippen LogP contribution in [0.3, 0.4) is 0 Å². The molecule has 1 aromatic carbocycles. The van der Waals surface area contributed by atoms with Crippen LogP contribution in [0.15, 0.2) is 24.3 Å². The molecule has 23 heavy (non-hydrogen) atoms. The summed E-state index contributed by atoms with van der Waals surface area (Å²) in [6.45, 7) is 5.68. The topological polar surface area (TPSA) is 66.8 Å². The van der Waals surface area contributed by atoms with Crippen LogP contribution in [0.5, 0.6) is 5.75 Å². The summed E-state index contributed by atoms with van der Waals surface area (Å²) in [6.07, 6.45) is 1.40. The van der Waals surface area contributed by atoms with Crippen LogP contribution in [0, 0.1) is 5.92 Å². The van der Waals surface area contributed by atoms with Crippen LogP contribution >= 0.6 is 0 Å². The third-order valence-corrected chi connectivity index (χ3v) is 4.33. The highest BCUT2D eigenvalue weighted by molar-refractivity contribution is 5.77. The number of carboxylic acid groups (broad SMARTS) is 1. The van der Waals surface area contributed by atoms with Gasteiger partial charge in [0.1, 0.15) is 5.75 Å². The van der Waals surface area contributed by atoms with E-state index in [1.165, 1.54) is 5.56 Å². The summed E-state index contributed by atoms with van der Waals surface area (Å²) in [7, 11) is 0. The number of ether oxygens (including phenoxy) is 1. The first-order valence-corrected chi connectivity index (χ1v) is 8.20. The minimum atomic E-state index is -0.759. The Bertz CT molecular complexity index is 530. The van der Waals surface area contributed by atoms with Crippen molar-refractivity contribution in [2.24, 2.45) is 5.92 Å². The van der Waals surface area contributed by atoms with Gasteiger partial charge in [-0.15, -0.1) is 0 Å². The van der Waals surface area contributed by atoms with Gasteiger partial charge in [0.05, 0.1) is 18.9 Å². The number of piperidine rings is 1. The molecule has 0 atom stereocenters. The average molecular weight is 319 g/mol. The Kier molecular flexibility index (Phi) is 6.02. The predicted molar refractivity (Wildman–Crippen MR) is 87.6 cm³/mol. The fraction of sp³-hybridized carbons (Fsp3) is 0.556. The lowest BCUT2D eigenvalue weighted by Crippen LogP contribution is -2.40. The SMILES string of the molecule is CC(C)c1ccc(OCCC(=O)N2CCC(C(=O)O)CC2)cc1. The van der Waals surface area contributed by atoms with Gasteiger partial charge in [-0.3, -0.25) is 9.59 Å². The molecule has 0 spiro atoms. The second-order valence-corrected chi connectivity index (χ2v) is 6.32. The highest BCUT2D eigenvalue weighted by atomic mass is 16.5. The van der Waals surface area contributed by atoms with Gasteiger partial charge in [0.15, 0.2) is 0 Å². The van der Waals surface area contributed by atoms with Gasteiger partial charge < -0.3 is 14.7 Å². The zero-order valence-corrected chi connectivity index (χ0v) is 13.8. The standard InChI is InChI=1S/C18H25NO4/c1-13(2)14-3-5-16(6-4-14)23-12-9-17(20)19-10-7-15(8-11-19)18(21)22/h3-6,13,15H,7-12H2,1-2H3,(H,21,22). The number of carboxylic acids is 1. The van der Waals surface area contributed by atoms with Gasteiger partial charge in [-0.2, -0.15) is 0 Å². The normalized spacial score (nSPS) is 15.7. The smallest absolute Gasteiger partial charge is 0.306 e. The maximum atomic E-state index is 12.1. The maximum Gasteiger partial charge on any atom is 0.306 e. The number of rotatable bonds is 6. The molecule has 1 N–H and O–H groups in total. The van der Waals surface area contributed by atoms with Gasteiger partial charge in [-0.25, -0.2) is 0 Å². The lowest BCUT2D eigenvalue weighted by atomic mass is 9.97. The minimum Gasteiger partial charge on any atom is -0.493 e. The predicted octanol–water partition coefficient (Wildman–Crippen LogP) is 2.90. The van der Waals surface area contributed by atoms with Crippen molar-refractivity contribution in [2.45, 2.75) is 39.0 Å². The zero-order chi connectivity index (χ0) is 16.8. The molecule has 1 aliphatic rings. The van der Waals surface area contributed by atoms with Crippen molar-refractivity contribution < 1.29 is 19.4 Å². The van der Waals surface area contributed by atoms with Crippen molar-refractivity contribution in [3.05, 3.63) is 29.8 Å². The van der Waals surface area contributed by atoms with Crippen LogP contribution in [0.2, 0.25) is 0 Å². The molecule has 5 nitrogen and oxygen atoms in total. The fourth-order valence-electron chi connectivity index (χ4n) is 2.74. The van der Waals surface area contributed by atoms with Gasteiger partial charge >= 0.3 is 5.97 Å². The number of nitrogens with zero attached hydrogens (tertiary/aromatic N) is 1. The third kappa shape index (κ3) is 4.98. The molecule has 1 aliphatic heterocycles. The van der Waals surface area contributed by atoms with E-state index in [0.29, 0.717) is 44.9 Å². The zero-order valence-electron chi connectivity index (χ0n) is 13.8. The molecule has 1 amide bonds. The number of aliphatic carboxylic acids is 1. The second-order valence-electron chi connectivity index (χ2n) is 6.32. The molecule has 0 saturated carbocycles. The molecular formula is C18H25NO4. The van der Waals surface area contributed by atoms with Crippen molar-refractivity contribution in [3.8, 4) is 5.75 Å². The summed E-state index contributed by atoms with van der Waals surface area (Å²) in [6, 6.07) is 7.94. The molecule has 126 valence electrons. The number of carbonyl (C=O) groups excluding carboxylic acids is 1. The summed E-state index contributed by atoms with van der Waals surface area (Å²) in [5, 5.41) is 8.96. The quantitative estimate of drug-likeness (QED) is 0.875. The second kappa shape index (κ2) is 7.99. The molecule has 0 radical (unpaired) electrons. The van der Waals surface area contributed by atoms with Crippen LogP contribution in [0.1, 0.15) is 44.6 Å². The van der Waals surface area contributed by atoms with Gasteiger partial charge in [-0.1, -0.05) is 26.0 Å². The molecule has 1 fully saturated rings. The Morgan fingerprint density at radius 3 is 2.35 bits per heavy atom. The lowest BCUT2D eigenvalue weighted by molar-refractivity contribution is -0.145. The molecule has 0 bridgehead atoms. The van der Waals surface area contributed by atoms with Crippen LogP contribution in [0.25, 0.3) is 0 Å². The molecule has 1 aromatic rings. The summed E-state index contributed by atoms with van der Waals surface area (Å²) < 4.78 is 5.62. The van der Waals surface area contributed by atoms with E-state index in [1.54, 1.807) is 4.90 Å². The largest absolute Gasteiger partial charge is 0.493 e. The first-order chi connectivity index (χ1) is 11.0. The summed E-state index contributed by atoms with van der Waals surface area (Å²) in [4.78, 5) is 24.7. The molecule has 0 unspecified atom stereocenters. The van der Waals surface area contributed by atoms with E-state index < -0.39 is 5.97 Å². The number of benzene rings is 1. The molecule has 0 aromatic heterocycles. The van der Waals surface area contributed by atoms with Crippen LogP contribution in [-0.4, -0.2) is 41.6 Å². The van der Waals surface area contributed by atoms with Gasteiger partial charge in [0.25, 0.3) is 0 Å². The van der Waals surface area contributed by atoms with E-state index in [0.717, 1.165) is 5.75 Å². The van der Waals surface area contributed by atoms with Crippen LogP contribution in [0.4, 0.5) is 0 Å². The average Bonchev–Trinajstić information content (AvgIpc) is 2.55. The Hall–Kier alpha value is -2.04. The van der Waals surface area contributed by atoms with E-state index in [4.69, 9.17) is 9.84 Å². The van der Waals surface area contributed by atoms with E-state index >= 15 is 0 Å². The number of hydrogen-bond acceptors (Lipinski definition) is 3. The first kappa shape index (κ1) is 17.3. The monoisotopic (exact) mass is 319 g/mol. The fourth-order valence-corrected chi connectivity index (χ4v) is 2.74. The van der Waals surface area contributed by atoms with E-state index in [-0.39, 0.29) is 11.8 Å².